The average Bonchev–Trinajstić information content (AvgIpc) is 2.59. The SMILES string of the molecule is CC1(C)c2cc(Cl)ccc2-c2ccc(O[B]O)cc21. The fraction of sp³-hybridized carbons (Fsp3) is 0.200. The minimum Gasteiger partial charge on any atom is -0.537 e. The molecule has 3 rings (SSSR count). The summed E-state index contributed by atoms with van der Waals surface area (Å²) < 4.78 is 5.05. The zero-order valence-corrected chi connectivity index (χ0v) is 11.5. The molecule has 1 N–H and O–H groups in total. The Hall–Kier alpha value is -1.45. The van der Waals surface area contributed by atoms with Crippen LogP contribution in [-0.2, 0) is 5.41 Å². The molecular weight excluding hydrogens is 258 g/mol. The van der Waals surface area contributed by atoms with Crippen molar-refractivity contribution in [3.8, 4) is 16.9 Å². The Morgan fingerprint density at radius 3 is 2.37 bits per heavy atom. The minimum absolute atomic E-state index is 0.121. The maximum absolute atomic E-state index is 8.74. The van der Waals surface area contributed by atoms with E-state index in [0.29, 0.717) is 13.4 Å². The van der Waals surface area contributed by atoms with Crippen LogP contribution in [0.25, 0.3) is 11.1 Å². The first-order valence-corrected chi connectivity index (χ1v) is 6.49. The predicted octanol–water partition coefficient (Wildman–Crippen LogP) is 3.55. The van der Waals surface area contributed by atoms with Gasteiger partial charge in [-0.25, -0.2) is 0 Å². The molecule has 0 unspecified atom stereocenters. The standard InChI is InChI=1S/C15H13BClO2/c1-15(2)13-7-9(17)3-5-11(13)12-6-4-10(19-16-18)8-14(12)15/h3-8,18H,1-2H3. The summed E-state index contributed by atoms with van der Waals surface area (Å²) in [6, 6.07) is 11.8. The van der Waals surface area contributed by atoms with Gasteiger partial charge < -0.3 is 9.68 Å². The van der Waals surface area contributed by atoms with E-state index in [1.807, 2.05) is 30.3 Å². The molecule has 0 heterocycles. The molecule has 0 amide bonds. The van der Waals surface area contributed by atoms with Gasteiger partial charge in [-0.05, 0) is 46.5 Å². The van der Waals surface area contributed by atoms with Crippen molar-refractivity contribution in [3.05, 3.63) is 52.5 Å². The van der Waals surface area contributed by atoms with Crippen LogP contribution in [0.5, 0.6) is 5.75 Å². The lowest BCUT2D eigenvalue weighted by molar-refractivity contribution is 0.453. The maximum atomic E-state index is 8.74. The number of fused-ring (bicyclic) bond motifs is 3. The van der Waals surface area contributed by atoms with Crippen LogP contribution in [0.2, 0.25) is 5.02 Å². The van der Waals surface area contributed by atoms with Gasteiger partial charge in [0, 0.05) is 10.4 Å². The third-order valence-corrected chi connectivity index (χ3v) is 4.03. The number of halogens is 1. The van der Waals surface area contributed by atoms with Gasteiger partial charge in [0.05, 0.1) is 0 Å². The van der Waals surface area contributed by atoms with E-state index in [-0.39, 0.29) is 5.41 Å². The lowest BCUT2D eigenvalue weighted by Gasteiger charge is -2.22. The molecule has 2 nitrogen and oxygen atoms in total. The molecular formula is C15H13BClO2. The first-order chi connectivity index (χ1) is 9.04. The Morgan fingerprint density at radius 2 is 1.68 bits per heavy atom. The van der Waals surface area contributed by atoms with Crippen molar-refractivity contribution < 1.29 is 9.68 Å². The van der Waals surface area contributed by atoms with Crippen molar-refractivity contribution in [1.82, 2.24) is 0 Å². The van der Waals surface area contributed by atoms with Crippen molar-refractivity contribution in [3.63, 3.8) is 0 Å². The van der Waals surface area contributed by atoms with Gasteiger partial charge in [0.1, 0.15) is 5.75 Å². The zero-order valence-electron chi connectivity index (χ0n) is 10.8. The molecule has 1 aliphatic rings. The first kappa shape index (κ1) is 12.6. The Balaban J connectivity index is 2.22. The van der Waals surface area contributed by atoms with Crippen LogP contribution in [-0.4, -0.2) is 12.7 Å². The molecule has 0 spiro atoms. The van der Waals surface area contributed by atoms with E-state index < -0.39 is 0 Å². The summed E-state index contributed by atoms with van der Waals surface area (Å²) in [5.41, 5.74) is 4.69. The predicted molar refractivity (Wildman–Crippen MR) is 77.6 cm³/mol. The van der Waals surface area contributed by atoms with E-state index in [2.05, 4.69) is 19.9 Å². The number of hydrogen-bond donors (Lipinski definition) is 1. The summed E-state index contributed by atoms with van der Waals surface area (Å²) in [6.07, 6.45) is 0. The van der Waals surface area contributed by atoms with Crippen LogP contribution in [0.4, 0.5) is 0 Å². The summed E-state index contributed by atoms with van der Waals surface area (Å²) in [6.45, 7) is 4.33. The van der Waals surface area contributed by atoms with Gasteiger partial charge >= 0.3 is 7.69 Å². The zero-order chi connectivity index (χ0) is 13.6. The van der Waals surface area contributed by atoms with Crippen LogP contribution in [0, 0.1) is 0 Å². The number of rotatable bonds is 2. The molecule has 1 aliphatic carbocycles. The Bertz CT molecular complexity index is 653. The number of benzene rings is 2. The van der Waals surface area contributed by atoms with Gasteiger partial charge in [-0.3, -0.25) is 0 Å². The molecule has 0 aliphatic heterocycles. The van der Waals surface area contributed by atoms with Crippen LogP contribution >= 0.6 is 11.6 Å². The molecule has 0 atom stereocenters. The second-order valence-corrected chi connectivity index (χ2v) is 5.68. The van der Waals surface area contributed by atoms with E-state index in [1.165, 1.54) is 22.3 Å². The molecule has 19 heavy (non-hydrogen) atoms. The summed E-state index contributed by atoms with van der Waals surface area (Å²) in [4.78, 5) is 0. The largest absolute Gasteiger partial charge is 0.569 e. The highest BCUT2D eigenvalue weighted by atomic mass is 35.5. The lowest BCUT2D eigenvalue weighted by Crippen LogP contribution is -2.15. The first-order valence-electron chi connectivity index (χ1n) is 6.11. The Morgan fingerprint density at radius 1 is 1.05 bits per heavy atom. The topological polar surface area (TPSA) is 29.5 Å². The van der Waals surface area contributed by atoms with E-state index in [1.54, 1.807) is 0 Å². The second kappa shape index (κ2) is 4.29. The van der Waals surface area contributed by atoms with Gasteiger partial charge in [0.25, 0.3) is 0 Å². The van der Waals surface area contributed by atoms with Gasteiger partial charge in [-0.15, -0.1) is 0 Å². The molecule has 2 aromatic carbocycles. The van der Waals surface area contributed by atoms with E-state index in [0.717, 1.165) is 5.02 Å². The molecule has 0 bridgehead atoms. The maximum Gasteiger partial charge on any atom is 0.569 e. The van der Waals surface area contributed by atoms with Crippen molar-refractivity contribution >= 4 is 19.3 Å². The molecule has 0 fully saturated rings. The molecule has 2 aromatic rings. The van der Waals surface area contributed by atoms with E-state index in [9.17, 15) is 0 Å². The van der Waals surface area contributed by atoms with Crippen molar-refractivity contribution in [2.24, 2.45) is 0 Å². The summed E-state index contributed by atoms with van der Waals surface area (Å²) in [5, 5.41) is 9.49. The molecule has 1 radical (unpaired) electrons. The Labute approximate surface area is 118 Å². The van der Waals surface area contributed by atoms with Crippen molar-refractivity contribution in [1.29, 1.82) is 0 Å². The smallest absolute Gasteiger partial charge is 0.537 e. The highest BCUT2D eigenvalue weighted by Crippen LogP contribution is 2.50. The third kappa shape index (κ3) is 1.85. The molecule has 4 heteroatoms. The summed E-state index contributed by atoms with van der Waals surface area (Å²) in [7, 11) is 0.702. The van der Waals surface area contributed by atoms with Crippen LogP contribution in [0.1, 0.15) is 25.0 Å². The van der Waals surface area contributed by atoms with Gasteiger partial charge in [0.2, 0.25) is 0 Å². The van der Waals surface area contributed by atoms with E-state index in [4.69, 9.17) is 21.3 Å². The van der Waals surface area contributed by atoms with Gasteiger partial charge in [-0.1, -0.05) is 37.6 Å². The fourth-order valence-electron chi connectivity index (χ4n) is 2.82. The fourth-order valence-corrected chi connectivity index (χ4v) is 3.00. The van der Waals surface area contributed by atoms with Crippen molar-refractivity contribution in [2.45, 2.75) is 19.3 Å². The second-order valence-electron chi connectivity index (χ2n) is 5.25. The highest BCUT2D eigenvalue weighted by molar-refractivity contribution is 6.30. The third-order valence-electron chi connectivity index (χ3n) is 3.80. The van der Waals surface area contributed by atoms with Gasteiger partial charge in [0.15, 0.2) is 0 Å². The van der Waals surface area contributed by atoms with Gasteiger partial charge in [-0.2, -0.15) is 0 Å². The summed E-state index contributed by atoms with van der Waals surface area (Å²) in [5.74, 6) is 0.633. The number of hydrogen-bond acceptors (Lipinski definition) is 2. The normalized spacial score (nSPS) is 14.7. The minimum atomic E-state index is -0.121. The summed E-state index contributed by atoms with van der Waals surface area (Å²) >= 11 is 6.11. The molecule has 0 saturated carbocycles. The van der Waals surface area contributed by atoms with Crippen molar-refractivity contribution in [2.75, 3.05) is 0 Å². The van der Waals surface area contributed by atoms with E-state index >= 15 is 0 Å². The molecule has 95 valence electrons. The van der Waals surface area contributed by atoms with Crippen LogP contribution < -0.4 is 4.65 Å². The van der Waals surface area contributed by atoms with Crippen LogP contribution in [0.15, 0.2) is 36.4 Å². The molecule has 0 aromatic heterocycles. The monoisotopic (exact) mass is 271 g/mol. The quantitative estimate of drug-likeness (QED) is 0.847. The van der Waals surface area contributed by atoms with Crippen LogP contribution in [0.3, 0.4) is 0 Å². The lowest BCUT2D eigenvalue weighted by atomic mass is 9.82. The highest BCUT2D eigenvalue weighted by Gasteiger charge is 2.35. The molecule has 0 saturated heterocycles. The average molecular weight is 272 g/mol. The Kier molecular flexibility index (Phi) is 2.84.